The molecule has 1 nitrogen and oxygen atoms in total. The van der Waals surface area contributed by atoms with Crippen LogP contribution in [-0.2, 0) is 12.8 Å². The van der Waals surface area contributed by atoms with E-state index in [2.05, 4.69) is 31.2 Å². The summed E-state index contributed by atoms with van der Waals surface area (Å²) in [6.45, 7) is 2.08. The Labute approximate surface area is 124 Å². The van der Waals surface area contributed by atoms with Gasteiger partial charge in [-0.05, 0) is 55.5 Å². The summed E-state index contributed by atoms with van der Waals surface area (Å²) in [5.74, 6) is -0.268. The Morgan fingerprint density at radius 3 is 2.75 bits per heavy atom. The lowest BCUT2D eigenvalue weighted by Crippen LogP contribution is -2.23. The van der Waals surface area contributed by atoms with Crippen molar-refractivity contribution in [3.05, 3.63) is 70.0 Å². The van der Waals surface area contributed by atoms with Gasteiger partial charge in [0.2, 0.25) is 0 Å². The quantitative estimate of drug-likeness (QED) is 0.874. The topological polar surface area (TPSA) is 26.0 Å². The second kappa shape index (κ2) is 6.87. The molecule has 2 aromatic rings. The van der Waals surface area contributed by atoms with Crippen molar-refractivity contribution >= 4 is 11.6 Å². The number of nitrogens with two attached hydrogens (primary N) is 1. The van der Waals surface area contributed by atoms with Crippen LogP contribution in [0.15, 0.2) is 42.5 Å². The van der Waals surface area contributed by atoms with E-state index in [1.165, 1.54) is 23.3 Å². The number of benzene rings is 2. The van der Waals surface area contributed by atoms with E-state index in [-0.39, 0.29) is 11.9 Å². The van der Waals surface area contributed by atoms with Crippen molar-refractivity contribution in [1.82, 2.24) is 0 Å². The van der Waals surface area contributed by atoms with Crippen molar-refractivity contribution in [2.75, 3.05) is 0 Å². The number of aryl methyl sites for hydroxylation is 2. The summed E-state index contributed by atoms with van der Waals surface area (Å²) in [6.07, 6.45) is 2.38. The van der Waals surface area contributed by atoms with Crippen LogP contribution in [0.4, 0.5) is 4.39 Å². The van der Waals surface area contributed by atoms with Gasteiger partial charge in [0.05, 0.1) is 0 Å². The van der Waals surface area contributed by atoms with Crippen molar-refractivity contribution in [2.45, 2.75) is 32.2 Å². The molecule has 0 heterocycles. The van der Waals surface area contributed by atoms with E-state index in [1.54, 1.807) is 6.07 Å². The molecule has 2 aromatic carbocycles. The Morgan fingerprint density at radius 1 is 1.20 bits per heavy atom. The smallest absolute Gasteiger partial charge is 0.123 e. The van der Waals surface area contributed by atoms with Crippen LogP contribution in [0.5, 0.6) is 0 Å². The summed E-state index contributed by atoms with van der Waals surface area (Å²) < 4.78 is 13.2. The molecule has 0 aliphatic heterocycles. The van der Waals surface area contributed by atoms with Crippen molar-refractivity contribution in [2.24, 2.45) is 5.73 Å². The van der Waals surface area contributed by atoms with Gasteiger partial charge in [0.25, 0.3) is 0 Å². The van der Waals surface area contributed by atoms with Gasteiger partial charge in [-0.15, -0.1) is 0 Å². The highest BCUT2D eigenvalue weighted by molar-refractivity contribution is 6.31. The second-order valence-corrected chi connectivity index (χ2v) is 5.63. The van der Waals surface area contributed by atoms with Gasteiger partial charge in [-0.3, -0.25) is 0 Å². The average Bonchev–Trinajstić information content (AvgIpc) is 2.41. The Morgan fingerprint density at radius 2 is 2.00 bits per heavy atom. The zero-order chi connectivity index (χ0) is 14.5. The molecule has 1 unspecified atom stereocenters. The molecule has 0 aromatic heterocycles. The van der Waals surface area contributed by atoms with Crippen molar-refractivity contribution < 1.29 is 4.39 Å². The maximum atomic E-state index is 13.2. The van der Waals surface area contributed by atoms with Gasteiger partial charge >= 0.3 is 0 Å². The van der Waals surface area contributed by atoms with E-state index < -0.39 is 0 Å². The molecule has 20 heavy (non-hydrogen) atoms. The van der Waals surface area contributed by atoms with E-state index in [1.807, 2.05) is 0 Å². The van der Waals surface area contributed by atoms with Crippen LogP contribution in [0, 0.1) is 12.7 Å². The summed E-state index contributed by atoms with van der Waals surface area (Å²) in [5, 5.41) is 0.581. The molecule has 2 N–H and O–H groups in total. The van der Waals surface area contributed by atoms with E-state index in [0.29, 0.717) is 11.4 Å². The van der Waals surface area contributed by atoms with Gasteiger partial charge in [0.1, 0.15) is 5.82 Å². The zero-order valence-electron chi connectivity index (χ0n) is 11.6. The number of hydrogen-bond acceptors (Lipinski definition) is 1. The fourth-order valence-electron chi connectivity index (χ4n) is 2.30. The molecule has 0 amide bonds. The van der Waals surface area contributed by atoms with E-state index >= 15 is 0 Å². The minimum Gasteiger partial charge on any atom is -0.327 e. The van der Waals surface area contributed by atoms with Crippen LogP contribution in [0.3, 0.4) is 0 Å². The maximum Gasteiger partial charge on any atom is 0.123 e. The van der Waals surface area contributed by atoms with E-state index in [9.17, 15) is 4.39 Å². The molecule has 3 heteroatoms. The standard InChI is InChI=1S/C17H19ClFN/c1-12-3-2-4-13(9-12)5-7-16(20)11-14-10-15(19)6-8-17(14)18/h2-4,6,8-10,16H,5,7,11,20H2,1H3. The molecular weight excluding hydrogens is 273 g/mol. The van der Waals surface area contributed by atoms with Crippen molar-refractivity contribution in [1.29, 1.82) is 0 Å². The number of rotatable bonds is 5. The Balaban J connectivity index is 1.92. The first-order valence-electron chi connectivity index (χ1n) is 6.79. The third kappa shape index (κ3) is 4.32. The third-order valence-electron chi connectivity index (χ3n) is 3.38. The summed E-state index contributed by atoms with van der Waals surface area (Å²) in [7, 11) is 0. The lowest BCUT2D eigenvalue weighted by Gasteiger charge is -2.13. The molecule has 0 spiro atoms. The fraction of sp³-hybridized carbons (Fsp3) is 0.294. The van der Waals surface area contributed by atoms with Crippen molar-refractivity contribution in [3.8, 4) is 0 Å². The lowest BCUT2D eigenvalue weighted by atomic mass is 9.99. The molecule has 0 saturated heterocycles. The average molecular weight is 292 g/mol. The molecule has 0 bridgehead atoms. The monoisotopic (exact) mass is 291 g/mol. The number of halogens is 2. The Kier molecular flexibility index (Phi) is 5.16. The van der Waals surface area contributed by atoms with Gasteiger partial charge in [-0.1, -0.05) is 41.4 Å². The highest BCUT2D eigenvalue weighted by atomic mass is 35.5. The highest BCUT2D eigenvalue weighted by Gasteiger charge is 2.09. The normalized spacial score (nSPS) is 12.4. The first-order chi connectivity index (χ1) is 9.54. The van der Waals surface area contributed by atoms with Crippen LogP contribution in [0.1, 0.15) is 23.1 Å². The van der Waals surface area contributed by atoms with Gasteiger partial charge in [-0.25, -0.2) is 4.39 Å². The van der Waals surface area contributed by atoms with Crippen LogP contribution >= 0.6 is 11.6 Å². The minimum absolute atomic E-state index is 0.0187. The largest absolute Gasteiger partial charge is 0.327 e. The van der Waals surface area contributed by atoms with Crippen LogP contribution in [-0.4, -0.2) is 6.04 Å². The predicted molar refractivity (Wildman–Crippen MR) is 82.6 cm³/mol. The predicted octanol–water partition coefficient (Wildman–Crippen LogP) is 4.29. The molecule has 1 atom stereocenters. The summed E-state index contributed by atoms with van der Waals surface area (Å²) in [5.41, 5.74) is 9.45. The van der Waals surface area contributed by atoms with Gasteiger partial charge in [0, 0.05) is 11.1 Å². The van der Waals surface area contributed by atoms with Gasteiger partial charge < -0.3 is 5.73 Å². The van der Waals surface area contributed by atoms with Crippen LogP contribution in [0.2, 0.25) is 5.02 Å². The second-order valence-electron chi connectivity index (χ2n) is 5.23. The molecule has 0 aliphatic rings. The molecule has 106 valence electrons. The highest BCUT2D eigenvalue weighted by Crippen LogP contribution is 2.19. The van der Waals surface area contributed by atoms with E-state index in [4.69, 9.17) is 17.3 Å². The first-order valence-corrected chi connectivity index (χ1v) is 7.17. The maximum absolute atomic E-state index is 13.2. The summed E-state index contributed by atoms with van der Waals surface area (Å²) >= 11 is 6.06. The van der Waals surface area contributed by atoms with Gasteiger partial charge in [0.15, 0.2) is 0 Å². The SMILES string of the molecule is Cc1cccc(CCC(N)Cc2cc(F)ccc2Cl)c1. The molecule has 2 rings (SSSR count). The third-order valence-corrected chi connectivity index (χ3v) is 3.74. The van der Waals surface area contributed by atoms with Crippen molar-refractivity contribution in [3.63, 3.8) is 0 Å². The van der Waals surface area contributed by atoms with Crippen LogP contribution in [0.25, 0.3) is 0 Å². The Bertz CT molecular complexity index is 583. The Hall–Kier alpha value is -1.38. The first kappa shape index (κ1) is 15.0. The van der Waals surface area contributed by atoms with Gasteiger partial charge in [-0.2, -0.15) is 0 Å². The summed E-state index contributed by atoms with van der Waals surface area (Å²) in [4.78, 5) is 0. The molecule has 0 fully saturated rings. The van der Waals surface area contributed by atoms with Crippen LogP contribution < -0.4 is 5.73 Å². The lowest BCUT2D eigenvalue weighted by molar-refractivity contribution is 0.599. The fourth-order valence-corrected chi connectivity index (χ4v) is 2.50. The van der Waals surface area contributed by atoms with E-state index in [0.717, 1.165) is 18.4 Å². The minimum atomic E-state index is -0.268. The molecule has 0 aliphatic carbocycles. The molecular formula is C17H19ClFN. The zero-order valence-corrected chi connectivity index (χ0v) is 12.3. The molecule has 0 radical (unpaired) electrons. The summed E-state index contributed by atoms with van der Waals surface area (Å²) in [6, 6.07) is 12.8. The molecule has 0 saturated carbocycles. The number of hydrogen-bond donors (Lipinski definition) is 1.